The summed E-state index contributed by atoms with van der Waals surface area (Å²) in [5.74, 6) is -1.44. The van der Waals surface area contributed by atoms with Crippen LogP contribution in [0, 0.1) is 6.92 Å². The summed E-state index contributed by atoms with van der Waals surface area (Å²) in [6.07, 6.45) is -0.703. The zero-order valence-corrected chi connectivity index (χ0v) is 11.9. The van der Waals surface area contributed by atoms with Crippen LogP contribution in [-0.4, -0.2) is 45.7 Å². The van der Waals surface area contributed by atoms with Crippen molar-refractivity contribution in [3.8, 4) is 0 Å². The maximum atomic E-state index is 12.4. The van der Waals surface area contributed by atoms with Crippen molar-refractivity contribution in [1.82, 2.24) is 4.90 Å². The fourth-order valence-corrected chi connectivity index (χ4v) is 2.61. The Hall–Kier alpha value is -1.40. The summed E-state index contributed by atoms with van der Waals surface area (Å²) >= 11 is 3.29. The van der Waals surface area contributed by atoms with Crippen LogP contribution in [0.3, 0.4) is 0 Å². The van der Waals surface area contributed by atoms with Crippen LogP contribution >= 0.6 is 15.9 Å². The predicted octanol–water partition coefficient (Wildman–Crippen LogP) is 1.42. The lowest BCUT2D eigenvalue weighted by molar-refractivity contribution is -0.141. The highest BCUT2D eigenvalue weighted by Gasteiger charge is 2.39. The molecule has 6 heteroatoms. The number of halogens is 1. The molecule has 5 nitrogen and oxygen atoms in total. The van der Waals surface area contributed by atoms with Crippen molar-refractivity contribution in [1.29, 1.82) is 0 Å². The van der Waals surface area contributed by atoms with Crippen molar-refractivity contribution in [3.05, 3.63) is 33.8 Å². The number of hydrogen-bond acceptors (Lipinski definition) is 3. The Bertz CT molecular complexity index is 531. The largest absolute Gasteiger partial charge is 0.480 e. The van der Waals surface area contributed by atoms with Gasteiger partial charge in [0.05, 0.1) is 6.10 Å². The number of aliphatic carboxylic acids is 1. The fraction of sp³-hybridized carbons (Fsp3) is 0.385. The Balaban J connectivity index is 2.33. The lowest BCUT2D eigenvalue weighted by Gasteiger charge is -2.22. The molecule has 1 saturated heterocycles. The number of aliphatic hydroxyl groups excluding tert-OH is 1. The average molecular weight is 328 g/mol. The molecule has 0 aromatic heterocycles. The molecule has 19 heavy (non-hydrogen) atoms. The summed E-state index contributed by atoms with van der Waals surface area (Å²) in [5.41, 5.74) is 1.23. The van der Waals surface area contributed by atoms with Crippen LogP contribution in [0.4, 0.5) is 0 Å². The molecule has 1 aromatic carbocycles. The number of aryl methyl sites for hydroxylation is 1. The number of amides is 1. The molecule has 2 N–H and O–H groups in total. The van der Waals surface area contributed by atoms with Gasteiger partial charge >= 0.3 is 5.97 Å². The number of hydrogen-bond donors (Lipinski definition) is 2. The average Bonchev–Trinajstić information content (AvgIpc) is 2.74. The van der Waals surface area contributed by atoms with Gasteiger partial charge in [-0.3, -0.25) is 4.79 Å². The number of carbonyl (C=O) groups is 2. The third kappa shape index (κ3) is 2.79. The molecule has 1 aliphatic rings. The molecule has 1 amide bonds. The summed E-state index contributed by atoms with van der Waals surface area (Å²) < 4.78 is 0.757. The minimum absolute atomic E-state index is 0.0573. The van der Waals surface area contributed by atoms with E-state index in [2.05, 4.69) is 15.9 Å². The predicted molar refractivity (Wildman–Crippen MR) is 72.0 cm³/mol. The molecule has 102 valence electrons. The van der Waals surface area contributed by atoms with Gasteiger partial charge in [-0.1, -0.05) is 22.0 Å². The highest BCUT2D eigenvalue weighted by Crippen LogP contribution is 2.24. The van der Waals surface area contributed by atoms with Crippen LogP contribution in [0.1, 0.15) is 22.3 Å². The number of carboxylic acid groups (broad SMARTS) is 1. The summed E-state index contributed by atoms with van der Waals surface area (Å²) in [6.45, 7) is 1.85. The van der Waals surface area contributed by atoms with Crippen LogP contribution in [0.25, 0.3) is 0 Å². The number of benzene rings is 1. The maximum absolute atomic E-state index is 12.4. The smallest absolute Gasteiger partial charge is 0.326 e. The summed E-state index contributed by atoms with van der Waals surface area (Å²) in [4.78, 5) is 24.8. The monoisotopic (exact) mass is 327 g/mol. The molecule has 1 aromatic rings. The van der Waals surface area contributed by atoms with E-state index in [4.69, 9.17) is 5.11 Å². The van der Waals surface area contributed by atoms with Gasteiger partial charge in [0.2, 0.25) is 0 Å². The van der Waals surface area contributed by atoms with Gasteiger partial charge in [0.1, 0.15) is 6.04 Å². The Morgan fingerprint density at radius 1 is 1.42 bits per heavy atom. The number of carbonyl (C=O) groups excluding carboxylic acids is 1. The van der Waals surface area contributed by atoms with Gasteiger partial charge in [-0.15, -0.1) is 0 Å². The molecule has 2 atom stereocenters. The second kappa shape index (κ2) is 5.30. The van der Waals surface area contributed by atoms with E-state index in [0.717, 1.165) is 10.0 Å². The highest BCUT2D eigenvalue weighted by molar-refractivity contribution is 9.10. The Morgan fingerprint density at radius 2 is 2.11 bits per heavy atom. The van der Waals surface area contributed by atoms with Crippen LogP contribution in [0.15, 0.2) is 22.7 Å². The third-order valence-electron chi connectivity index (χ3n) is 3.25. The first-order valence-electron chi connectivity index (χ1n) is 5.88. The number of aliphatic hydroxyl groups is 1. The van der Waals surface area contributed by atoms with E-state index in [1.165, 1.54) is 4.90 Å². The Labute approximate surface area is 119 Å². The topological polar surface area (TPSA) is 77.8 Å². The van der Waals surface area contributed by atoms with Crippen LogP contribution in [0.5, 0.6) is 0 Å². The molecule has 0 aliphatic carbocycles. The van der Waals surface area contributed by atoms with Crippen molar-refractivity contribution >= 4 is 27.8 Å². The van der Waals surface area contributed by atoms with Gasteiger partial charge < -0.3 is 15.1 Å². The molecule has 1 heterocycles. The molecule has 0 unspecified atom stereocenters. The van der Waals surface area contributed by atoms with Crippen molar-refractivity contribution in [3.63, 3.8) is 0 Å². The van der Waals surface area contributed by atoms with Crippen molar-refractivity contribution in [2.24, 2.45) is 0 Å². The van der Waals surface area contributed by atoms with E-state index in [9.17, 15) is 14.7 Å². The standard InChI is InChI=1S/C13H14BrNO4/c1-7-2-3-8(14)4-10(7)12(17)15-6-9(16)5-11(15)13(18)19/h2-4,9,11,16H,5-6H2,1H3,(H,18,19)/t9-,11-/m0/s1. The number of likely N-dealkylation sites (tertiary alicyclic amines) is 1. The SMILES string of the molecule is Cc1ccc(Br)cc1C(=O)N1C[C@@H](O)C[C@H]1C(=O)O. The Kier molecular flexibility index (Phi) is 3.91. The van der Waals surface area contributed by atoms with E-state index in [0.29, 0.717) is 5.56 Å². The van der Waals surface area contributed by atoms with Crippen molar-refractivity contribution in [2.75, 3.05) is 6.54 Å². The lowest BCUT2D eigenvalue weighted by Crippen LogP contribution is -2.40. The number of β-amino-alcohol motifs (C(OH)–C–C–N with tert-alkyl or cyclic N) is 1. The zero-order valence-electron chi connectivity index (χ0n) is 10.3. The zero-order chi connectivity index (χ0) is 14.2. The first-order valence-corrected chi connectivity index (χ1v) is 6.67. The minimum Gasteiger partial charge on any atom is -0.480 e. The molecular formula is C13H14BrNO4. The van der Waals surface area contributed by atoms with Gasteiger partial charge in [-0.2, -0.15) is 0 Å². The quantitative estimate of drug-likeness (QED) is 0.861. The fourth-order valence-electron chi connectivity index (χ4n) is 2.25. The molecule has 0 saturated carbocycles. The van der Waals surface area contributed by atoms with Gasteiger partial charge in [0, 0.05) is 23.0 Å². The minimum atomic E-state index is -1.09. The van der Waals surface area contributed by atoms with E-state index in [1.54, 1.807) is 19.1 Å². The second-order valence-corrected chi connectivity index (χ2v) is 5.58. The van der Waals surface area contributed by atoms with Gasteiger partial charge in [-0.05, 0) is 24.6 Å². The molecule has 1 aliphatic heterocycles. The first-order chi connectivity index (χ1) is 8.90. The molecule has 1 fully saturated rings. The highest BCUT2D eigenvalue weighted by atomic mass is 79.9. The first kappa shape index (κ1) is 14.0. The van der Waals surface area contributed by atoms with E-state index >= 15 is 0 Å². The normalized spacial score (nSPS) is 22.6. The second-order valence-electron chi connectivity index (χ2n) is 4.66. The van der Waals surface area contributed by atoms with Crippen LogP contribution in [-0.2, 0) is 4.79 Å². The lowest BCUT2D eigenvalue weighted by atomic mass is 10.1. The van der Waals surface area contributed by atoms with Crippen LogP contribution in [0.2, 0.25) is 0 Å². The molecule has 0 spiro atoms. The molecular weight excluding hydrogens is 314 g/mol. The number of rotatable bonds is 2. The van der Waals surface area contributed by atoms with E-state index < -0.39 is 18.1 Å². The van der Waals surface area contributed by atoms with Gasteiger partial charge in [0.15, 0.2) is 0 Å². The van der Waals surface area contributed by atoms with Gasteiger partial charge in [-0.25, -0.2) is 4.79 Å². The number of nitrogens with zero attached hydrogens (tertiary/aromatic N) is 1. The summed E-state index contributed by atoms with van der Waals surface area (Å²) in [6, 6.07) is 4.32. The van der Waals surface area contributed by atoms with Crippen molar-refractivity contribution < 1.29 is 19.8 Å². The Morgan fingerprint density at radius 3 is 2.74 bits per heavy atom. The van der Waals surface area contributed by atoms with Gasteiger partial charge in [0.25, 0.3) is 5.91 Å². The summed E-state index contributed by atoms with van der Waals surface area (Å²) in [7, 11) is 0. The van der Waals surface area contributed by atoms with Crippen molar-refractivity contribution in [2.45, 2.75) is 25.5 Å². The maximum Gasteiger partial charge on any atom is 0.326 e. The molecule has 2 rings (SSSR count). The van der Waals surface area contributed by atoms with Crippen LogP contribution < -0.4 is 0 Å². The van der Waals surface area contributed by atoms with E-state index in [1.807, 2.05) is 6.07 Å². The summed E-state index contributed by atoms with van der Waals surface area (Å²) in [5, 5.41) is 18.7. The number of carboxylic acids is 1. The third-order valence-corrected chi connectivity index (χ3v) is 3.75. The van der Waals surface area contributed by atoms with E-state index in [-0.39, 0.29) is 18.9 Å². The molecule has 0 radical (unpaired) electrons. The molecule has 0 bridgehead atoms.